The van der Waals surface area contributed by atoms with Crippen molar-refractivity contribution >= 4 is 5.95 Å². The molecule has 0 saturated heterocycles. The van der Waals surface area contributed by atoms with Gasteiger partial charge in [0.25, 0.3) is 5.56 Å². The van der Waals surface area contributed by atoms with Crippen molar-refractivity contribution in [1.82, 2.24) is 9.97 Å². The number of H-pyrrole nitrogens is 1. The Hall–Kier alpha value is -2.61. The molecule has 5 heteroatoms. The number of aromatic nitrogens is 2. The largest absolute Gasteiger partial charge is 0.326 e. The molecule has 0 aliphatic heterocycles. The Morgan fingerprint density at radius 1 is 1.56 bits per heavy atom. The van der Waals surface area contributed by atoms with E-state index in [0.29, 0.717) is 17.2 Å². The minimum atomic E-state index is -0.254. The van der Waals surface area contributed by atoms with Crippen LogP contribution in [0.4, 0.5) is 5.95 Å². The molecule has 2 N–H and O–H groups in total. The molecule has 0 amide bonds. The highest BCUT2D eigenvalue weighted by Gasteiger charge is 1.94. The maximum Gasteiger partial charge on any atom is 0.252 e. The molecular weight excluding hydrogens is 204 g/mol. The molecule has 1 aromatic heterocycles. The summed E-state index contributed by atoms with van der Waals surface area (Å²) in [6.45, 7) is 7.15. The summed E-state index contributed by atoms with van der Waals surface area (Å²) in [7, 11) is 0. The van der Waals surface area contributed by atoms with E-state index < -0.39 is 0 Å². The van der Waals surface area contributed by atoms with E-state index in [1.807, 2.05) is 6.07 Å². The van der Waals surface area contributed by atoms with Crippen LogP contribution in [0.3, 0.4) is 0 Å². The summed E-state index contributed by atoms with van der Waals surface area (Å²) in [6, 6.07) is 3.18. The Bertz CT molecular complexity index is 533. The first-order valence-electron chi connectivity index (χ1n) is 4.40. The highest BCUT2D eigenvalue weighted by molar-refractivity contribution is 5.41. The Labute approximate surface area is 92.5 Å². The summed E-state index contributed by atoms with van der Waals surface area (Å²) in [5.74, 6) is 0.296. The van der Waals surface area contributed by atoms with Crippen LogP contribution in [0.5, 0.6) is 0 Å². The van der Waals surface area contributed by atoms with Gasteiger partial charge in [-0.2, -0.15) is 5.26 Å². The first-order chi connectivity index (χ1) is 7.61. The summed E-state index contributed by atoms with van der Waals surface area (Å²) < 4.78 is 0. The van der Waals surface area contributed by atoms with Crippen molar-refractivity contribution in [3.63, 3.8) is 0 Å². The Balaban J connectivity index is 2.66. The third kappa shape index (κ3) is 3.64. The summed E-state index contributed by atoms with van der Waals surface area (Å²) in [4.78, 5) is 17.3. The summed E-state index contributed by atoms with van der Waals surface area (Å²) in [6.07, 6.45) is 4.46. The van der Waals surface area contributed by atoms with Crippen molar-refractivity contribution in [3.8, 4) is 6.07 Å². The lowest BCUT2D eigenvalue weighted by atomic mass is 10.3. The van der Waals surface area contributed by atoms with E-state index in [1.54, 1.807) is 6.08 Å². The molecule has 0 fully saturated rings. The second-order valence-electron chi connectivity index (χ2n) is 2.90. The van der Waals surface area contributed by atoms with Crippen LogP contribution in [0.2, 0.25) is 0 Å². The quantitative estimate of drug-likeness (QED) is 0.585. The van der Waals surface area contributed by atoms with Crippen LogP contribution >= 0.6 is 0 Å². The number of hydrogen-bond donors (Lipinski definition) is 2. The van der Waals surface area contributed by atoms with E-state index >= 15 is 0 Å². The molecule has 0 atom stereocenters. The monoisotopic (exact) mass is 214 g/mol. The first-order valence-corrected chi connectivity index (χ1v) is 4.40. The van der Waals surface area contributed by atoms with Gasteiger partial charge in [-0.25, -0.2) is 4.98 Å². The molecule has 0 radical (unpaired) electrons. The normalized spacial score (nSPS) is 9.69. The number of aromatic amines is 1. The molecule has 1 heterocycles. The third-order valence-corrected chi connectivity index (χ3v) is 1.58. The Kier molecular flexibility index (Phi) is 3.81. The van der Waals surface area contributed by atoms with Crippen LogP contribution < -0.4 is 10.9 Å². The van der Waals surface area contributed by atoms with Gasteiger partial charge in [0, 0.05) is 23.5 Å². The van der Waals surface area contributed by atoms with E-state index in [0.717, 1.165) is 0 Å². The van der Waals surface area contributed by atoms with Crippen molar-refractivity contribution in [2.75, 3.05) is 5.32 Å². The molecule has 0 saturated carbocycles. The summed E-state index contributed by atoms with van der Waals surface area (Å²) in [5, 5.41) is 11.2. The molecule has 0 unspecified atom stereocenters. The van der Waals surface area contributed by atoms with Crippen LogP contribution in [0.1, 0.15) is 0 Å². The smallest absolute Gasteiger partial charge is 0.252 e. The van der Waals surface area contributed by atoms with Gasteiger partial charge in [0.2, 0.25) is 5.95 Å². The van der Waals surface area contributed by atoms with Gasteiger partial charge >= 0.3 is 0 Å². The molecule has 0 bridgehead atoms. The van der Waals surface area contributed by atoms with Crippen molar-refractivity contribution in [2.24, 2.45) is 0 Å². The molecule has 80 valence electrons. The van der Waals surface area contributed by atoms with Gasteiger partial charge in [0.1, 0.15) is 0 Å². The molecule has 1 rings (SSSR count). The Morgan fingerprint density at radius 3 is 2.94 bits per heavy atom. The van der Waals surface area contributed by atoms with Gasteiger partial charge in [-0.05, 0) is 12.2 Å². The molecule has 0 aromatic carbocycles. The minimum absolute atomic E-state index is 0.254. The predicted molar refractivity (Wildman–Crippen MR) is 61.5 cm³/mol. The van der Waals surface area contributed by atoms with E-state index in [1.165, 1.54) is 18.3 Å². The molecule has 1 aromatic rings. The number of rotatable bonds is 4. The fraction of sp³-hybridized carbons (Fsp3) is 0. The summed E-state index contributed by atoms with van der Waals surface area (Å²) in [5.41, 5.74) is 0.555. The predicted octanol–water partition coefficient (Wildman–Crippen LogP) is 1.33. The molecule has 16 heavy (non-hydrogen) atoms. The number of nitrogens with one attached hydrogen (secondary N) is 2. The molecule has 0 aliphatic rings. The van der Waals surface area contributed by atoms with Crippen LogP contribution in [0, 0.1) is 11.3 Å². The molecule has 0 aliphatic carbocycles. The zero-order valence-corrected chi connectivity index (χ0v) is 8.53. The van der Waals surface area contributed by atoms with E-state index in [9.17, 15) is 4.79 Å². The third-order valence-electron chi connectivity index (χ3n) is 1.58. The second kappa shape index (κ2) is 5.32. The topological polar surface area (TPSA) is 81.6 Å². The van der Waals surface area contributed by atoms with Crippen LogP contribution in [0.15, 0.2) is 53.6 Å². The lowest BCUT2D eigenvalue weighted by Gasteiger charge is -2.02. The number of nitrogens with zero attached hydrogens (tertiary/aromatic N) is 2. The summed E-state index contributed by atoms with van der Waals surface area (Å²) >= 11 is 0. The van der Waals surface area contributed by atoms with E-state index in [2.05, 4.69) is 28.4 Å². The fourth-order valence-corrected chi connectivity index (χ4v) is 0.866. The van der Waals surface area contributed by atoms with Gasteiger partial charge in [-0.1, -0.05) is 13.2 Å². The Morgan fingerprint density at radius 2 is 2.31 bits per heavy atom. The lowest BCUT2D eigenvalue weighted by Crippen LogP contribution is -2.09. The average molecular weight is 214 g/mol. The number of anilines is 1. The number of nitriles is 1. The van der Waals surface area contributed by atoms with E-state index in [-0.39, 0.29) is 5.56 Å². The highest BCUT2D eigenvalue weighted by atomic mass is 16.1. The molecule has 5 nitrogen and oxygen atoms in total. The minimum Gasteiger partial charge on any atom is -0.326 e. The van der Waals surface area contributed by atoms with Gasteiger partial charge in [-0.15, -0.1) is 0 Å². The fourth-order valence-electron chi connectivity index (χ4n) is 0.866. The van der Waals surface area contributed by atoms with Gasteiger partial charge in [0.15, 0.2) is 0 Å². The van der Waals surface area contributed by atoms with Gasteiger partial charge in [-0.3, -0.25) is 9.78 Å². The average Bonchev–Trinajstić information content (AvgIpc) is 2.26. The standard InChI is InChI=1S/C11H10N4O/c1-8(7-12)3-4-9(2)14-11-13-6-5-10(16)15-11/h3-6H,1-2H2,(H2,13,14,15,16)/b4-3-. The van der Waals surface area contributed by atoms with Crippen molar-refractivity contribution in [1.29, 1.82) is 5.26 Å². The second-order valence-corrected chi connectivity index (χ2v) is 2.90. The van der Waals surface area contributed by atoms with E-state index in [4.69, 9.17) is 5.26 Å². The first kappa shape index (κ1) is 11.5. The SMILES string of the molecule is C=C(C#N)/C=C\C(=C)Nc1nccc(=O)[nH]1. The van der Waals surface area contributed by atoms with Gasteiger partial charge in [0.05, 0.1) is 6.07 Å². The maximum absolute atomic E-state index is 10.9. The van der Waals surface area contributed by atoms with Crippen molar-refractivity contribution < 1.29 is 0 Å². The maximum atomic E-state index is 10.9. The van der Waals surface area contributed by atoms with Crippen molar-refractivity contribution in [2.45, 2.75) is 0 Å². The van der Waals surface area contributed by atoms with Crippen LogP contribution in [0.25, 0.3) is 0 Å². The van der Waals surface area contributed by atoms with Crippen LogP contribution in [-0.2, 0) is 0 Å². The number of hydrogen-bond acceptors (Lipinski definition) is 4. The van der Waals surface area contributed by atoms with Crippen LogP contribution in [-0.4, -0.2) is 9.97 Å². The van der Waals surface area contributed by atoms with Crippen molar-refractivity contribution in [3.05, 3.63) is 59.2 Å². The molecule has 0 spiro atoms. The highest BCUT2D eigenvalue weighted by Crippen LogP contribution is 2.01. The lowest BCUT2D eigenvalue weighted by molar-refractivity contribution is 1.11. The number of allylic oxidation sites excluding steroid dienone is 3. The molecular formula is C11H10N4O. The zero-order valence-electron chi connectivity index (χ0n) is 8.53. The van der Waals surface area contributed by atoms with Gasteiger partial charge < -0.3 is 5.32 Å². The zero-order chi connectivity index (χ0) is 12.0.